The van der Waals surface area contributed by atoms with E-state index in [0.717, 1.165) is 12.8 Å². The first-order chi connectivity index (χ1) is 4.16. The summed E-state index contributed by atoms with van der Waals surface area (Å²) < 4.78 is 0. The monoisotopic (exact) mass is 124 g/mol. The molecule has 0 saturated heterocycles. The molecule has 0 spiro atoms. The first kappa shape index (κ1) is 8.74. The van der Waals surface area contributed by atoms with Crippen LogP contribution in [0, 0.1) is 18.8 Å². The zero-order valence-electron chi connectivity index (χ0n) is 6.43. The number of rotatable bonds is 4. The van der Waals surface area contributed by atoms with Crippen LogP contribution >= 0.6 is 0 Å². The predicted octanol–water partition coefficient (Wildman–Crippen LogP) is 2.94. The minimum absolute atomic E-state index is 0.333. The molecule has 0 nitrogen and oxygen atoms in total. The number of allylic oxidation sites excluding steroid dienone is 1. The molecule has 0 rings (SSSR count). The van der Waals surface area contributed by atoms with E-state index in [0.29, 0.717) is 11.8 Å². The summed E-state index contributed by atoms with van der Waals surface area (Å²) in [5.41, 5.74) is 0. The maximum Gasteiger partial charge on any atom is -0.0321 e. The van der Waals surface area contributed by atoms with Crippen LogP contribution < -0.4 is 0 Å². The van der Waals surface area contributed by atoms with E-state index in [2.05, 4.69) is 13.5 Å². The Morgan fingerprint density at radius 3 is 2.44 bits per heavy atom. The molecule has 2 atom stereocenters. The van der Waals surface area contributed by atoms with Gasteiger partial charge in [0.2, 0.25) is 0 Å². The Morgan fingerprint density at radius 1 is 1.56 bits per heavy atom. The van der Waals surface area contributed by atoms with E-state index < -0.39 is 0 Å². The lowest BCUT2D eigenvalue weighted by molar-refractivity contribution is 0.470. The summed E-state index contributed by atoms with van der Waals surface area (Å²) >= 11 is 0. The van der Waals surface area contributed by atoms with Crippen molar-refractivity contribution in [2.45, 2.75) is 26.7 Å². The largest absolute Gasteiger partial charge is 0.103 e. The van der Waals surface area contributed by atoms with E-state index in [4.69, 9.17) is 6.92 Å². The van der Waals surface area contributed by atoms with Crippen molar-refractivity contribution in [1.29, 1.82) is 0 Å². The third-order valence-electron chi connectivity index (χ3n) is 1.34. The zero-order chi connectivity index (χ0) is 7.28. The third kappa shape index (κ3) is 5.61. The van der Waals surface area contributed by atoms with Gasteiger partial charge in [-0.1, -0.05) is 19.9 Å². The van der Waals surface area contributed by atoms with E-state index in [1.165, 1.54) is 0 Å². The van der Waals surface area contributed by atoms with Gasteiger partial charge in [-0.25, -0.2) is 0 Å². The Labute approximate surface area is 59.0 Å². The molecule has 0 aliphatic rings. The molecule has 2 radical (unpaired) electrons. The fourth-order valence-electron chi connectivity index (χ4n) is 1.02. The standard InChI is InChI=1S/C9H16/c1-5-6-9(4)7-8(2)3/h2,5,8-9H,1,6-7H2,3-4H3. The zero-order valence-corrected chi connectivity index (χ0v) is 6.43. The van der Waals surface area contributed by atoms with Crippen molar-refractivity contribution in [3.63, 3.8) is 0 Å². The molecule has 0 amide bonds. The van der Waals surface area contributed by atoms with Crippen molar-refractivity contribution in [2.24, 2.45) is 11.8 Å². The van der Waals surface area contributed by atoms with E-state index in [1.54, 1.807) is 0 Å². The van der Waals surface area contributed by atoms with Crippen molar-refractivity contribution >= 4 is 0 Å². The fraction of sp³-hybridized carbons (Fsp3) is 0.667. The second-order valence-corrected chi connectivity index (χ2v) is 2.84. The van der Waals surface area contributed by atoms with Crippen LogP contribution in [0.15, 0.2) is 12.7 Å². The Balaban J connectivity index is 3.25. The van der Waals surface area contributed by atoms with Crippen molar-refractivity contribution in [2.75, 3.05) is 0 Å². The van der Waals surface area contributed by atoms with Crippen LogP contribution in [-0.4, -0.2) is 0 Å². The van der Waals surface area contributed by atoms with Crippen LogP contribution in [0.1, 0.15) is 26.7 Å². The van der Waals surface area contributed by atoms with Crippen LogP contribution in [0.25, 0.3) is 0 Å². The lowest BCUT2D eigenvalue weighted by atomic mass is 9.96. The van der Waals surface area contributed by atoms with E-state index in [1.807, 2.05) is 13.0 Å². The molecule has 0 aromatic heterocycles. The summed E-state index contributed by atoms with van der Waals surface area (Å²) in [4.78, 5) is 0. The SMILES string of the molecule is [CH]C(C)CC(C)CC=C. The van der Waals surface area contributed by atoms with E-state index >= 15 is 0 Å². The summed E-state index contributed by atoms with van der Waals surface area (Å²) in [5.74, 6) is 1.03. The van der Waals surface area contributed by atoms with Gasteiger partial charge >= 0.3 is 0 Å². The average Bonchev–Trinajstić information content (AvgIpc) is 1.63. The molecule has 0 N–H and O–H groups in total. The number of hydrogen-bond acceptors (Lipinski definition) is 0. The van der Waals surface area contributed by atoms with Gasteiger partial charge in [0.15, 0.2) is 0 Å². The normalized spacial score (nSPS) is 13.8. The highest BCUT2D eigenvalue weighted by atomic mass is 14.1. The predicted molar refractivity (Wildman–Crippen MR) is 42.1 cm³/mol. The molecule has 0 aliphatic heterocycles. The smallest absolute Gasteiger partial charge is 0.0321 e. The summed E-state index contributed by atoms with van der Waals surface area (Å²) in [6.45, 7) is 13.5. The van der Waals surface area contributed by atoms with Gasteiger partial charge in [-0.05, 0) is 31.6 Å². The van der Waals surface area contributed by atoms with Crippen molar-refractivity contribution < 1.29 is 0 Å². The second-order valence-electron chi connectivity index (χ2n) is 2.84. The highest BCUT2D eigenvalue weighted by molar-refractivity contribution is 4.72. The maximum absolute atomic E-state index is 5.59. The minimum atomic E-state index is 0.333. The van der Waals surface area contributed by atoms with Crippen LogP contribution in [0.4, 0.5) is 0 Å². The number of hydrogen-bond donors (Lipinski definition) is 0. The van der Waals surface area contributed by atoms with Gasteiger partial charge in [0, 0.05) is 0 Å². The first-order valence-electron chi connectivity index (χ1n) is 3.53. The van der Waals surface area contributed by atoms with Crippen molar-refractivity contribution in [1.82, 2.24) is 0 Å². The molecule has 52 valence electrons. The van der Waals surface area contributed by atoms with E-state index in [9.17, 15) is 0 Å². The molecule has 0 bridgehead atoms. The quantitative estimate of drug-likeness (QED) is 0.505. The highest BCUT2D eigenvalue weighted by Gasteiger charge is 2.01. The molecular formula is C9H16. The topological polar surface area (TPSA) is 0 Å². The molecule has 0 aromatic rings. The molecule has 0 heteroatoms. The third-order valence-corrected chi connectivity index (χ3v) is 1.34. The molecule has 0 heterocycles. The average molecular weight is 124 g/mol. The van der Waals surface area contributed by atoms with Crippen molar-refractivity contribution in [3.05, 3.63) is 19.6 Å². The summed E-state index contributed by atoms with van der Waals surface area (Å²) in [5, 5.41) is 0. The molecule has 0 aromatic carbocycles. The Kier molecular flexibility index (Phi) is 4.47. The minimum Gasteiger partial charge on any atom is -0.103 e. The first-order valence-corrected chi connectivity index (χ1v) is 3.53. The second kappa shape index (κ2) is 4.60. The van der Waals surface area contributed by atoms with Crippen molar-refractivity contribution in [3.8, 4) is 0 Å². The van der Waals surface area contributed by atoms with E-state index in [-0.39, 0.29) is 0 Å². The molecule has 2 unspecified atom stereocenters. The van der Waals surface area contributed by atoms with Gasteiger partial charge < -0.3 is 0 Å². The van der Waals surface area contributed by atoms with Gasteiger partial charge in [-0.15, -0.1) is 6.58 Å². The van der Waals surface area contributed by atoms with Gasteiger partial charge in [-0.2, -0.15) is 0 Å². The van der Waals surface area contributed by atoms with Crippen LogP contribution in [0.5, 0.6) is 0 Å². The van der Waals surface area contributed by atoms with Crippen LogP contribution in [0.3, 0.4) is 0 Å². The Morgan fingerprint density at radius 2 is 2.11 bits per heavy atom. The summed E-state index contributed by atoms with van der Waals surface area (Å²) in [6.07, 6.45) is 4.14. The molecular weight excluding hydrogens is 108 g/mol. The Hall–Kier alpha value is -0.260. The Bertz CT molecular complexity index is 72.1. The maximum atomic E-state index is 5.59. The fourth-order valence-corrected chi connectivity index (χ4v) is 1.02. The lowest BCUT2D eigenvalue weighted by Crippen LogP contribution is -1.98. The van der Waals surface area contributed by atoms with Gasteiger partial charge in [0.1, 0.15) is 0 Å². The molecule has 0 saturated carbocycles. The molecule has 0 fully saturated rings. The molecule has 9 heavy (non-hydrogen) atoms. The van der Waals surface area contributed by atoms with Crippen LogP contribution in [0.2, 0.25) is 0 Å². The molecule has 0 aliphatic carbocycles. The highest BCUT2D eigenvalue weighted by Crippen LogP contribution is 2.13. The van der Waals surface area contributed by atoms with Gasteiger partial charge in [-0.3, -0.25) is 0 Å². The van der Waals surface area contributed by atoms with Crippen LogP contribution in [-0.2, 0) is 0 Å². The van der Waals surface area contributed by atoms with Gasteiger partial charge in [0.05, 0.1) is 0 Å². The summed E-state index contributed by atoms with van der Waals surface area (Å²) in [7, 11) is 0. The van der Waals surface area contributed by atoms with Gasteiger partial charge in [0.25, 0.3) is 0 Å². The lowest BCUT2D eigenvalue weighted by Gasteiger charge is -2.09. The summed E-state index contributed by atoms with van der Waals surface area (Å²) in [6, 6.07) is 0.